The van der Waals surface area contributed by atoms with Crippen molar-refractivity contribution in [2.45, 2.75) is 39.0 Å². The Morgan fingerprint density at radius 3 is 2.74 bits per heavy atom. The molecule has 1 N–H and O–H groups in total. The van der Waals surface area contributed by atoms with Crippen molar-refractivity contribution in [1.29, 1.82) is 0 Å². The summed E-state index contributed by atoms with van der Waals surface area (Å²) in [5.41, 5.74) is 0.954. The number of pyridine rings is 2. The molecular weight excluding hydrogens is 458 g/mol. The highest BCUT2D eigenvalue weighted by atomic mass is 19.3. The van der Waals surface area contributed by atoms with Crippen LogP contribution < -0.4 is 10.1 Å². The number of alkyl halides is 2. The van der Waals surface area contributed by atoms with Crippen LogP contribution >= 0.6 is 0 Å². The fraction of sp³-hybridized carbons (Fsp3) is 0.375. The zero-order chi connectivity index (χ0) is 25.4. The molecule has 9 nitrogen and oxygen atoms in total. The first-order valence-corrected chi connectivity index (χ1v) is 11.0. The van der Waals surface area contributed by atoms with E-state index in [0.29, 0.717) is 22.9 Å². The van der Waals surface area contributed by atoms with Crippen LogP contribution in [0.4, 0.5) is 19.4 Å². The number of anilines is 1. The van der Waals surface area contributed by atoms with Gasteiger partial charge in [-0.2, -0.15) is 5.10 Å². The van der Waals surface area contributed by atoms with Crippen LogP contribution in [-0.2, 0) is 4.79 Å². The van der Waals surface area contributed by atoms with Crippen LogP contribution in [0.3, 0.4) is 0 Å². The number of aromatic nitrogens is 2. The second kappa shape index (κ2) is 9.05. The van der Waals surface area contributed by atoms with Crippen molar-refractivity contribution in [1.82, 2.24) is 19.9 Å². The third-order valence-electron chi connectivity index (χ3n) is 6.19. The molecule has 0 bridgehead atoms. The second-order valence-electron chi connectivity index (χ2n) is 8.91. The van der Waals surface area contributed by atoms with E-state index in [1.54, 1.807) is 55.6 Å². The van der Waals surface area contributed by atoms with Crippen LogP contribution in [0.2, 0.25) is 0 Å². The summed E-state index contributed by atoms with van der Waals surface area (Å²) in [5, 5.41) is 7.94. The fourth-order valence-electron chi connectivity index (χ4n) is 4.39. The van der Waals surface area contributed by atoms with E-state index in [1.807, 2.05) is 6.92 Å². The van der Waals surface area contributed by atoms with E-state index >= 15 is 0 Å². The fourth-order valence-corrected chi connectivity index (χ4v) is 4.39. The van der Waals surface area contributed by atoms with Crippen molar-refractivity contribution >= 4 is 30.0 Å². The van der Waals surface area contributed by atoms with Crippen LogP contribution in [0.15, 0.2) is 41.8 Å². The zero-order valence-electron chi connectivity index (χ0n) is 19.7. The molecule has 2 fully saturated rings. The molecule has 3 heterocycles. The van der Waals surface area contributed by atoms with E-state index in [1.165, 1.54) is 0 Å². The molecule has 35 heavy (non-hydrogen) atoms. The first-order valence-electron chi connectivity index (χ1n) is 11.0. The molecule has 1 aliphatic heterocycles. The largest absolute Gasteiger partial charge is 0.455 e. The molecule has 184 valence electrons. The monoisotopic (exact) mass is 484 g/mol. The van der Waals surface area contributed by atoms with E-state index in [-0.39, 0.29) is 18.8 Å². The van der Waals surface area contributed by atoms with Gasteiger partial charge in [0, 0.05) is 51.6 Å². The summed E-state index contributed by atoms with van der Waals surface area (Å²) in [6, 6.07) is 6.00. The summed E-state index contributed by atoms with van der Waals surface area (Å²) in [6.45, 7) is 7.18. The Bertz CT molecular complexity index is 1210. The molecule has 0 unspecified atom stereocenters. The Labute approximate surface area is 201 Å². The number of halogens is 2. The first kappa shape index (κ1) is 24.2. The van der Waals surface area contributed by atoms with Crippen LogP contribution in [-0.4, -0.2) is 58.0 Å². The molecule has 0 atom stereocenters. The number of hydrogen-bond acceptors (Lipinski definition) is 7. The van der Waals surface area contributed by atoms with Crippen molar-refractivity contribution in [2.75, 3.05) is 18.9 Å². The molecule has 1 aliphatic carbocycles. The molecule has 0 aromatic carbocycles. The van der Waals surface area contributed by atoms with Gasteiger partial charge in [-0.3, -0.25) is 25.0 Å². The van der Waals surface area contributed by atoms with Gasteiger partial charge in [0.25, 0.3) is 0 Å². The maximum Gasteiger partial charge on any atom is 0.329 e. The lowest BCUT2D eigenvalue weighted by molar-refractivity contribution is -0.176. The van der Waals surface area contributed by atoms with Gasteiger partial charge in [0.2, 0.25) is 11.8 Å². The Balaban J connectivity index is 1.41. The van der Waals surface area contributed by atoms with Gasteiger partial charge in [0.05, 0.1) is 16.8 Å². The Hall–Kier alpha value is -3.89. The molecule has 11 heteroatoms. The smallest absolute Gasteiger partial charge is 0.329 e. The number of amides is 3. The summed E-state index contributed by atoms with van der Waals surface area (Å²) in [5.74, 6) is -2.14. The van der Waals surface area contributed by atoms with Gasteiger partial charge >= 0.3 is 6.03 Å². The van der Waals surface area contributed by atoms with Gasteiger partial charge in [-0.05, 0) is 44.0 Å². The highest BCUT2D eigenvalue weighted by molar-refractivity contribution is 6.04. The quantitative estimate of drug-likeness (QED) is 0.473. The first-order chi connectivity index (χ1) is 16.5. The molecule has 3 amide bonds. The minimum Gasteiger partial charge on any atom is -0.455 e. The van der Waals surface area contributed by atoms with Gasteiger partial charge in [-0.25, -0.2) is 18.6 Å². The summed E-state index contributed by atoms with van der Waals surface area (Å²) in [7, 11) is 1.76. The van der Waals surface area contributed by atoms with Crippen molar-refractivity contribution in [3.8, 4) is 11.5 Å². The van der Waals surface area contributed by atoms with E-state index < -0.39 is 36.1 Å². The van der Waals surface area contributed by atoms with Crippen LogP contribution in [0.1, 0.15) is 37.6 Å². The number of allylic oxidation sites excluding steroid dienone is 1. The molecule has 1 spiro atoms. The molecule has 2 aliphatic rings. The van der Waals surface area contributed by atoms with Gasteiger partial charge in [0.1, 0.15) is 17.3 Å². The lowest BCUT2D eigenvalue weighted by Crippen LogP contribution is -2.52. The van der Waals surface area contributed by atoms with E-state index in [0.717, 1.165) is 10.5 Å². The number of imide groups is 1. The number of aryl methyl sites for hydroxylation is 1. The predicted octanol–water partition coefficient (Wildman–Crippen LogP) is 4.67. The number of nitrogens with zero attached hydrogens (tertiary/aromatic N) is 5. The van der Waals surface area contributed by atoms with E-state index in [2.05, 4.69) is 27.1 Å². The average molecular weight is 485 g/mol. The number of likely N-dealkylation sites (tertiary alicyclic amines) is 1. The predicted molar refractivity (Wildman–Crippen MR) is 126 cm³/mol. The lowest BCUT2D eigenvalue weighted by Gasteiger charge is -2.42. The van der Waals surface area contributed by atoms with Crippen molar-refractivity contribution in [2.24, 2.45) is 10.5 Å². The van der Waals surface area contributed by atoms with Crippen LogP contribution in [0, 0.1) is 12.3 Å². The average Bonchev–Trinajstić information content (AvgIpc) is 3.11. The van der Waals surface area contributed by atoms with Crippen LogP contribution in [0.25, 0.3) is 5.57 Å². The van der Waals surface area contributed by atoms with Crippen molar-refractivity contribution < 1.29 is 23.1 Å². The van der Waals surface area contributed by atoms with E-state index in [9.17, 15) is 18.4 Å². The maximum absolute atomic E-state index is 13.3. The number of urea groups is 1. The number of carbonyl (C=O) groups is 2. The summed E-state index contributed by atoms with van der Waals surface area (Å²) >= 11 is 0. The minimum absolute atomic E-state index is 0.109. The lowest BCUT2D eigenvalue weighted by atomic mass is 9.65. The number of hydrazone groups is 1. The SMILES string of the molecule is C=NN(C)/C=C(\C)c1cc(Oc2ccc(NC(=O)N3CCC4(CC(F)(F)C4)C3=O)nc2C)ccn1. The summed E-state index contributed by atoms with van der Waals surface area (Å²) in [4.78, 5) is 34.9. The molecule has 1 saturated carbocycles. The van der Waals surface area contributed by atoms with Gasteiger partial charge < -0.3 is 4.74 Å². The number of hydrogen-bond donors (Lipinski definition) is 1. The molecule has 2 aromatic rings. The van der Waals surface area contributed by atoms with Gasteiger partial charge in [0.15, 0.2) is 0 Å². The molecule has 2 aromatic heterocycles. The Morgan fingerprint density at radius 2 is 2.09 bits per heavy atom. The van der Waals surface area contributed by atoms with Gasteiger partial charge in [-0.15, -0.1) is 0 Å². The molecule has 1 saturated heterocycles. The maximum atomic E-state index is 13.3. The van der Waals surface area contributed by atoms with Crippen molar-refractivity contribution in [3.63, 3.8) is 0 Å². The Morgan fingerprint density at radius 1 is 1.34 bits per heavy atom. The van der Waals surface area contributed by atoms with Crippen molar-refractivity contribution in [3.05, 3.63) is 48.1 Å². The second-order valence-corrected chi connectivity index (χ2v) is 8.91. The van der Waals surface area contributed by atoms with E-state index in [4.69, 9.17) is 4.74 Å². The topological polar surface area (TPSA) is 100 Å². The number of nitrogens with one attached hydrogen (secondary N) is 1. The summed E-state index contributed by atoms with van der Waals surface area (Å²) < 4.78 is 32.6. The Kier molecular flexibility index (Phi) is 6.27. The standard InChI is InChI=1S/C24H26F2N6O3/c1-15(12-31(4)27-3)18-11-17(7-9-28-18)35-19-5-6-20(29-16(19)2)30-22(34)32-10-8-23(21(32)33)13-24(25,26)14-23/h5-7,9,11-12H,3,8,10,13-14H2,1-2,4H3,(H,29,30,34)/b15-12+. The molecule has 0 radical (unpaired) electrons. The normalized spacial score (nSPS) is 18.3. The highest BCUT2D eigenvalue weighted by Gasteiger charge is 2.64. The number of carbonyl (C=O) groups excluding carboxylic acids is 2. The van der Waals surface area contributed by atoms with Gasteiger partial charge in [-0.1, -0.05) is 0 Å². The number of ether oxygens (including phenoxy) is 1. The highest BCUT2D eigenvalue weighted by Crippen LogP contribution is 2.57. The zero-order valence-corrected chi connectivity index (χ0v) is 19.7. The third kappa shape index (κ3) is 4.98. The molecule has 4 rings (SSSR count). The molecular formula is C24H26F2N6O3. The number of rotatable bonds is 6. The minimum atomic E-state index is -2.83. The van der Waals surface area contributed by atoms with Crippen LogP contribution in [0.5, 0.6) is 11.5 Å². The summed E-state index contributed by atoms with van der Waals surface area (Å²) in [6.07, 6.45) is 2.65. The third-order valence-corrected chi connectivity index (χ3v) is 6.19.